The van der Waals surface area contributed by atoms with Crippen molar-refractivity contribution < 1.29 is 23.1 Å². The fourth-order valence-electron chi connectivity index (χ4n) is 2.15. The quantitative estimate of drug-likeness (QED) is 0.914. The van der Waals surface area contributed by atoms with Crippen LogP contribution in [0.4, 0.5) is 18.9 Å². The topological polar surface area (TPSA) is 40.5 Å². The average molecular weight is 273 g/mol. The van der Waals surface area contributed by atoms with E-state index in [1.54, 1.807) is 0 Å². The van der Waals surface area contributed by atoms with Crippen molar-refractivity contribution in [1.82, 2.24) is 0 Å². The maximum absolute atomic E-state index is 12.6. The molecule has 1 aromatic carbocycles. The van der Waals surface area contributed by atoms with Crippen LogP contribution in [-0.4, -0.2) is 23.7 Å². The third-order valence-corrected chi connectivity index (χ3v) is 3.19. The van der Waals surface area contributed by atoms with Crippen LogP contribution in [0.1, 0.15) is 35.7 Å². The Hall–Kier alpha value is -1.72. The zero-order valence-electron chi connectivity index (χ0n) is 10.4. The Bertz CT molecular complexity index is 495. The molecule has 6 heteroatoms. The predicted octanol–water partition coefficient (Wildman–Crippen LogP) is 3.39. The summed E-state index contributed by atoms with van der Waals surface area (Å²) in [5, 5.41) is 9.11. The van der Waals surface area contributed by atoms with E-state index in [0.29, 0.717) is 18.3 Å². The van der Waals surface area contributed by atoms with Gasteiger partial charge < -0.3 is 10.0 Å². The van der Waals surface area contributed by atoms with Crippen molar-refractivity contribution >= 4 is 11.7 Å². The summed E-state index contributed by atoms with van der Waals surface area (Å²) in [5.41, 5.74) is -0.852. The minimum absolute atomic E-state index is 0.250. The normalized spacial score (nSPS) is 15.4. The molecule has 3 nitrogen and oxygen atoms in total. The Balaban J connectivity index is 2.46. The molecule has 104 valence electrons. The van der Waals surface area contributed by atoms with Gasteiger partial charge in [-0.25, -0.2) is 4.79 Å². The van der Waals surface area contributed by atoms with Crippen LogP contribution in [0.15, 0.2) is 18.2 Å². The van der Waals surface area contributed by atoms with Gasteiger partial charge in [0.05, 0.1) is 16.8 Å². The van der Waals surface area contributed by atoms with Crippen LogP contribution >= 0.6 is 0 Å². The number of carboxylic acids is 1. The monoisotopic (exact) mass is 273 g/mol. The molecule has 1 aromatic rings. The van der Waals surface area contributed by atoms with E-state index in [1.165, 1.54) is 6.07 Å². The molecule has 0 bridgehead atoms. The first-order valence-corrected chi connectivity index (χ1v) is 6.05. The fraction of sp³-hybridized carbons (Fsp3) is 0.462. The van der Waals surface area contributed by atoms with E-state index in [4.69, 9.17) is 5.11 Å². The largest absolute Gasteiger partial charge is 0.478 e. The van der Waals surface area contributed by atoms with Crippen molar-refractivity contribution in [3.05, 3.63) is 29.3 Å². The number of rotatable bonds is 4. The SMILES string of the molecule is CCN(c1ccc(C(F)(F)F)cc1C(=O)O)C1CC1. The average Bonchev–Trinajstić information content (AvgIpc) is 3.13. The summed E-state index contributed by atoms with van der Waals surface area (Å²) < 4.78 is 37.8. The van der Waals surface area contributed by atoms with Crippen LogP contribution in [0.25, 0.3) is 0 Å². The second kappa shape index (κ2) is 4.75. The van der Waals surface area contributed by atoms with Crippen LogP contribution in [0.3, 0.4) is 0 Å². The van der Waals surface area contributed by atoms with Crippen molar-refractivity contribution in [2.24, 2.45) is 0 Å². The molecule has 0 spiro atoms. The molecule has 0 amide bonds. The molecule has 0 saturated heterocycles. The Morgan fingerprint density at radius 1 is 1.42 bits per heavy atom. The number of alkyl halides is 3. The molecule has 0 radical (unpaired) electrons. The molecular weight excluding hydrogens is 259 g/mol. The molecule has 0 unspecified atom stereocenters. The molecule has 1 fully saturated rings. The van der Waals surface area contributed by atoms with E-state index in [2.05, 4.69) is 0 Å². The molecule has 0 heterocycles. The number of benzene rings is 1. The fourth-order valence-corrected chi connectivity index (χ4v) is 2.15. The highest BCUT2D eigenvalue weighted by Crippen LogP contribution is 2.37. The number of anilines is 1. The number of aromatic carboxylic acids is 1. The molecule has 0 aromatic heterocycles. The summed E-state index contributed by atoms with van der Waals surface area (Å²) >= 11 is 0. The van der Waals surface area contributed by atoms with E-state index in [1.807, 2.05) is 11.8 Å². The summed E-state index contributed by atoms with van der Waals surface area (Å²) in [6.45, 7) is 2.44. The molecular formula is C13H14F3NO2. The summed E-state index contributed by atoms with van der Waals surface area (Å²) in [7, 11) is 0. The van der Waals surface area contributed by atoms with Crippen LogP contribution in [0, 0.1) is 0 Å². The van der Waals surface area contributed by atoms with Gasteiger partial charge in [0.15, 0.2) is 0 Å². The molecule has 1 aliphatic rings. The Morgan fingerprint density at radius 3 is 2.47 bits per heavy atom. The van der Waals surface area contributed by atoms with Gasteiger partial charge in [-0.05, 0) is 38.0 Å². The van der Waals surface area contributed by atoms with E-state index in [9.17, 15) is 18.0 Å². The first-order valence-electron chi connectivity index (χ1n) is 6.05. The zero-order chi connectivity index (χ0) is 14.2. The highest BCUT2D eigenvalue weighted by atomic mass is 19.4. The number of halogens is 3. The van der Waals surface area contributed by atoms with Gasteiger partial charge in [-0.2, -0.15) is 13.2 Å². The van der Waals surface area contributed by atoms with E-state index >= 15 is 0 Å². The molecule has 0 aliphatic heterocycles. The summed E-state index contributed by atoms with van der Waals surface area (Å²) in [6, 6.07) is 3.16. The lowest BCUT2D eigenvalue weighted by Crippen LogP contribution is -2.27. The van der Waals surface area contributed by atoms with Gasteiger partial charge in [0, 0.05) is 12.6 Å². The maximum atomic E-state index is 12.6. The Morgan fingerprint density at radius 2 is 2.05 bits per heavy atom. The number of nitrogens with zero attached hydrogens (tertiary/aromatic N) is 1. The summed E-state index contributed by atoms with van der Waals surface area (Å²) in [4.78, 5) is 13.0. The first-order chi connectivity index (χ1) is 8.84. The van der Waals surface area contributed by atoms with Gasteiger partial charge >= 0.3 is 12.1 Å². The smallest absolute Gasteiger partial charge is 0.416 e. The molecule has 19 heavy (non-hydrogen) atoms. The molecule has 0 atom stereocenters. The number of hydrogen-bond donors (Lipinski definition) is 1. The van der Waals surface area contributed by atoms with Crippen molar-refractivity contribution in [2.45, 2.75) is 32.0 Å². The number of carboxylic acid groups (broad SMARTS) is 1. The van der Waals surface area contributed by atoms with Crippen molar-refractivity contribution in [3.8, 4) is 0 Å². The van der Waals surface area contributed by atoms with Gasteiger partial charge in [0.1, 0.15) is 0 Å². The van der Waals surface area contributed by atoms with Crippen LogP contribution < -0.4 is 4.90 Å². The lowest BCUT2D eigenvalue weighted by molar-refractivity contribution is -0.137. The summed E-state index contributed by atoms with van der Waals surface area (Å²) in [5.74, 6) is -1.33. The van der Waals surface area contributed by atoms with Gasteiger partial charge in [-0.3, -0.25) is 0 Å². The molecule has 1 saturated carbocycles. The van der Waals surface area contributed by atoms with Gasteiger partial charge in [0.2, 0.25) is 0 Å². The second-order valence-electron chi connectivity index (χ2n) is 4.55. The van der Waals surface area contributed by atoms with Gasteiger partial charge in [-0.1, -0.05) is 0 Å². The number of carbonyl (C=O) groups is 1. The predicted molar refractivity (Wildman–Crippen MR) is 64.4 cm³/mol. The number of hydrogen-bond acceptors (Lipinski definition) is 2. The third-order valence-electron chi connectivity index (χ3n) is 3.19. The van der Waals surface area contributed by atoms with E-state index < -0.39 is 17.7 Å². The molecule has 1 aliphatic carbocycles. The molecule has 1 N–H and O–H groups in total. The third kappa shape index (κ3) is 2.83. The standard InChI is InChI=1S/C13H14F3NO2/c1-2-17(9-4-5-9)11-6-3-8(13(14,15)16)7-10(11)12(18)19/h3,6-7,9H,2,4-5H2,1H3,(H,18,19). The van der Waals surface area contributed by atoms with Crippen LogP contribution in [0.2, 0.25) is 0 Å². The van der Waals surface area contributed by atoms with E-state index in [-0.39, 0.29) is 11.6 Å². The van der Waals surface area contributed by atoms with Crippen molar-refractivity contribution in [2.75, 3.05) is 11.4 Å². The van der Waals surface area contributed by atoms with E-state index in [0.717, 1.165) is 18.9 Å². The second-order valence-corrected chi connectivity index (χ2v) is 4.55. The lowest BCUT2D eigenvalue weighted by atomic mass is 10.1. The van der Waals surface area contributed by atoms with Crippen molar-refractivity contribution in [1.29, 1.82) is 0 Å². The van der Waals surface area contributed by atoms with Crippen LogP contribution in [0.5, 0.6) is 0 Å². The van der Waals surface area contributed by atoms with Gasteiger partial charge in [0.25, 0.3) is 0 Å². The highest BCUT2D eigenvalue weighted by Gasteiger charge is 2.34. The Labute approximate surface area is 108 Å². The van der Waals surface area contributed by atoms with Gasteiger partial charge in [-0.15, -0.1) is 0 Å². The zero-order valence-corrected chi connectivity index (χ0v) is 10.4. The van der Waals surface area contributed by atoms with Crippen molar-refractivity contribution in [3.63, 3.8) is 0 Å². The minimum Gasteiger partial charge on any atom is -0.478 e. The minimum atomic E-state index is -4.53. The Kier molecular flexibility index (Phi) is 3.43. The highest BCUT2D eigenvalue weighted by molar-refractivity contribution is 5.95. The van der Waals surface area contributed by atoms with Crippen LogP contribution in [-0.2, 0) is 6.18 Å². The summed E-state index contributed by atoms with van der Waals surface area (Å²) in [6.07, 6.45) is -2.62. The maximum Gasteiger partial charge on any atom is 0.416 e. The first kappa shape index (κ1) is 13.7. The lowest BCUT2D eigenvalue weighted by Gasteiger charge is -2.25. The molecule has 2 rings (SSSR count).